The number of nitriles is 1. The zero-order valence-electron chi connectivity index (χ0n) is 14.4. The van der Waals surface area contributed by atoms with Gasteiger partial charge in [-0.1, -0.05) is 36.0 Å². The van der Waals surface area contributed by atoms with Gasteiger partial charge >= 0.3 is 12.2 Å². The molecule has 0 fully saturated rings. The molecule has 2 aromatic carbocycles. The number of ether oxygens (including phenoxy) is 1. The Hall–Kier alpha value is -3.12. The van der Waals surface area contributed by atoms with Crippen LogP contribution in [0.2, 0.25) is 0 Å². The minimum Gasteiger partial charge on any atom is -0.497 e. The molecule has 2 heterocycles. The van der Waals surface area contributed by atoms with E-state index >= 15 is 0 Å². The predicted octanol–water partition coefficient (Wildman–Crippen LogP) is 4.52. The van der Waals surface area contributed by atoms with Crippen molar-refractivity contribution in [2.75, 3.05) is 12.0 Å². The first-order valence-electron chi connectivity index (χ1n) is 8.08. The molecule has 0 bridgehead atoms. The summed E-state index contributed by atoms with van der Waals surface area (Å²) in [4.78, 5) is 14.5. The number of anilines is 1. The van der Waals surface area contributed by atoms with Crippen molar-refractivity contribution in [3.05, 3.63) is 64.7 Å². The number of hydrogen-bond acceptors (Lipinski definition) is 4. The Bertz CT molecular complexity index is 1040. The molecule has 0 saturated carbocycles. The highest BCUT2D eigenvalue weighted by Crippen LogP contribution is 2.55. The van der Waals surface area contributed by atoms with Crippen molar-refractivity contribution < 1.29 is 22.7 Å². The summed E-state index contributed by atoms with van der Waals surface area (Å²) in [5.41, 5.74) is -3.36. The number of carbonyl (C=O) groups is 1. The molecule has 1 N–H and O–H groups in total. The maximum Gasteiger partial charge on any atom is 0.420 e. The number of para-hydroxylation sites is 1. The quantitative estimate of drug-likeness (QED) is 0.801. The Kier molecular flexibility index (Phi) is 4.05. The summed E-state index contributed by atoms with van der Waals surface area (Å²) in [6.45, 7) is 0. The molecular weight excluding hydrogens is 391 g/mol. The van der Waals surface area contributed by atoms with Gasteiger partial charge in [0.15, 0.2) is 0 Å². The number of thioether (sulfide) groups is 1. The van der Waals surface area contributed by atoms with Crippen LogP contribution in [0.25, 0.3) is 0 Å². The van der Waals surface area contributed by atoms with E-state index in [0.29, 0.717) is 16.3 Å². The predicted molar refractivity (Wildman–Crippen MR) is 96.7 cm³/mol. The van der Waals surface area contributed by atoms with Gasteiger partial charge in [0.05, 0.1) is 12.8 Å². The van der Waals surface area contributed by atoms with Gasteiger partial charge in [-0.2, -0.15) is 18.4 Å². The smallest absolute Gasteiger partial charge is 0.420 e. The van der Waals surface area contributed by atoms with Crippen molar-refractivity contribution in [3.63, 3.8) is 0 Å². The first kappa shape index (κ1) is 18.3. The molecule has 0 radical (unpaired) electrons. The van der Waals surface area contributed by atoms with E-state index in [1.54, 1.807) is 30.3 Å². The number of amides is 2. The van der Waals surface area contributed by atoms with Crippen LogP contribution in [0.5, 0.6) is 5.75 Å². The largest absolute Gasteiger partial charge is 0.497 e. The summed E-state index contributed by atoms with van der Waals surface area (Å²) in [7, 11) is 1.39. The Morgan fingerprint density at radius 1 is 1.18 bits per heavy atom. The Morgan fingerprint density at radius 3 is 2.46 bits per heavy atom. The van der Waals surface area contributed by atoms with Crippen LogP contribution in [0, 0.1) is 11.3 Å². The zero-order valence-corrected chi connectivity index (χ0v) is 15.2. The lowest BCUT2D eigenvalue weighted by Gasteiger charge is -2.42. The highest BCUT2D eigenvalue weighted by Gasteiger charge is 2.64. The molecule has 1 unspecified atom stereocenters. The van der Waals surface area contributed by atoms with Gasteiger partial charge in [-0.05, 0) is 29.8 Å². The van der Waals surface area contributed by atoms with Gasteiger partial charge in [-0.3, -0.25) is 4.90 Å². The fourth-order valence-electron chi connectivity index (χ4n) is 3.36. The summed E-state index contributed by atoms with van der Waals surface area (Å²) in [5, 5.41) is 11.8. The SMILES string of the molecule is COc1ccc(C2(C(F)(F)F)NC(=O)N3C(=C2C#N)Sc2ccccc23)cc1. The Labute approximate surface area is 162 Å². The van der Waals surface area contributed by atoms with Crippen LogP contribution >= 0.6 is 11.8 Å². The maximum atomic E-state index is 14.4. The van der Waals surface area contributed by atoms with E-state index in [0.717, 1.165) is 16.7 Å². The van der Waals surface area contributed by atoms with Gasteiger partial charge in [-0.15, -0.1) is 0 Å². The van der Waals surface area contributed by atoms with E-state index in [1.807, 2.05) is 0 Å². The maximum absolute atomic E-state index is 14.4. The van der Waals surface area contributed by atoms with Gasteiger partial charge < -0.3 is 10.1 Å². The fourth-order valence-corrected chi connectivity index (χ4v) is 4.55. The molecule has 4 rings (SSSR count). The molecule has 0 aromatic heterocycles. The molecule has 2 amide bonds. The highest BCUT2D eigenvalue weighted by molar-refractivity contribution is 8.03. The molecule has 0 spiro atoms. The van der Waals surface area contributed by atoms with Crippen molar-refractivity contribution in [1.29, 1.82) is 5.26 Å². The van der Waals surface area contributed by atoms with E-state index in [9.17, 15) is 23.2 Å². The van der Waals surface area contributed by atoms with Crippen molar-refractivity contribution in [3.8, 4) is 11.8 Å². The molecule has 2 aliphatic heterocycles. The molecule has 9 heteroatoms. The van der Waals surface area contributed by atoms with Crippen LogP contribution < -0.4 is 15.0 Å². The number of nitrogens with one attached hydrogen (secondary N) is 1. The Morgan fingerprint density at radius 2 is 1.86 bits per heavy atom. The molecule has 2 aliphatic rings. The number of fused-ring (bicyclic) bond motifs is 3. The molecule has 2 aromatic rings. The third-order valence-electron chi connectivity index (χ3n) is 4.66. The van der Waals surface area contributed by atoms with Crippen LogP contribution in [-0.2, 0) is 5.54 Å². The number of halogens is 3. The van der Waals surface area contributed by atoms with E-state index in [1.165, 1.54) is 31.4 Å². The number of rotatable bonds is 2. The summed E-state index contributed by atoms with van der Waals surface area (Å²) in [5.74, 6) is 0.360. The summed E-state index contributed by atoms with van der Waals surface area (Å²) >= 11 is 0.975. The van der Waals surface area contributed by atoms with Crippen LogP contribution in [0.1, 0.15) is 5.56 Å². The van der Waals surface area contributed by atoms with Crippen molar-refractivity contribution in [2.45, 2.75) is 16.6 Å². The number of benzene rings is 2. The van der Waals surface area contributed by atoms with Gasteiger partial charge in [0.25, 0.3) is 0 Å². The lowest BCUT2D eigenvalue weighted by atomic mass is 9.81. The van der Waals surface area contributed by atoms with Crippen LogP contribution in [0.15, 0.2) is 64.0 Å². The highest BCUT2D eigenvalue weighted by atomic mass is 32.2. The lowest BCUT2D eigenvalue weighted by Crippen LogP contribution is -2.63. The second-order valence-electron chi connectivity index (χ2n) is 6.10. The average molecular weight is 403 g/mol. The molecule has 0 aliphatic carbocycles. The van der Waals surface area contributed by atoms with Crippen molar-refractivity contribution in [1.82, 2.24) is 5.32 Å². The molecule has 5 nitrogen and oxygen atoms in total. The van der Waals surface area contributed by atoms with Gasteiger partial charge in [0, 0.05) is 4.90 Å². The summed E-state index contributed by atoms with van der Waals surface area (Å²) in [6, 6.07) is 12.6. The van der Waals surface area contributed by atoms with Crippen molar-refractivity contribution >= 4 is 23.5 Å². The number of nitrogens with zero attached hydrogens (tertiary/aromatic N) is 2. The first-order valence-corrected chi connectivity index (χ1v) is 8.90. The van der Waals surface area contributed by atoms with Crippen LogP contribution in [-0.4, -0.2) is 19.3 Å². The van der Waals surface area contributed by atoms with E-state index in [-0.39, 0.29) is 10.6 Å². The van der Waals surface area contributed by atoms with E-state index in [2.05, 4.69) is 5.32 Å². The topological polar surface area (TPSA) is 65.4 Å². The number of urea groups is 1. The second-order valence-corrected chi connectivity index (χ2v) is 7.13. The monoisotopic (exact) mass is 403 g/mol. The lowest BCUT2D eigenvalue weighted by molar-refractivity contribution is -0.184. The number of hydrogen-bond donors (Lipinski definition) is 1. The zero-order chi connectivity index (χ0) is 20.1. The van der Waals surface area contributed by atoms with Gasteiger partial charge in [0.1, 0.15) is 22.4 Å². The molecule has 28 heavy (non-hydrogen) atoms. The molecule has 142 valence electrons. The first-order chi connectivity index (χ1) is 13.3. The van der Waals surface area contributed by atoms with Gasteiger partial charge in [0.2, 0.25) is 5.54 Å². The summed E-state index contributed by atoms with van der Waals surface area (Å²) < 4.78 is 48.2. The van der Waals surface area contributed by atoms with Crippen LogP contribution in [0.3, 0.4) is 0 Å². The molecular formula is C19H12F3N3O2S. The number of carbonyl (C=O) groups excluding carboxylic acids is 1. The Balaban J connectivity index is 1.99. The number of methoxy groups -OCH3 is 1. The third kappa shape index (κ3) is 2.38. The van der Waals surface area contributed by atoms with Crippen molar-refractivity contribution in [2.24, 2.45) is 0 Å². The van der Waals surface area contributed by atoms with Gasteiger partial charge in [-0.25, -0.2) is 4.79 Å². The van der Waals surface area contributed by atoms with Crippen LogP contribution in [0.4, 0.5) is 23.7 Å². The average Bonchev–Trinajstić information content (AvgIpc) is 3.06. The standard InChI is InChI=1S/C19H12F3N3O2S/c1-27-12-8-6-11(7-9-12)18(19(20,21)22)13(10-23)16-25(17(26)24-18)14-4-2-3-5-15(14)28-16/h2-9H,1H3,(H,24,26). The minimum atomic E-state index is -4.95. The third-order valence-corrected chi connectivity index (χ3v) is 5.81. The molecule has 1 atom stereocenters. The fraction of sp³-hybridized carbons (Fsp3) is 0.158. The normalized spacial score (nSPS) is 21.0. The summed E-state index contributed by atoms with van der Waals surface area (Å²) in [6.07, 6.45) is -4.95. The van der Waals surface area contributed by atoms with E-state index < -0.39 is 23.3 Å². The van der Waals surface area contributed by atoms with E-state index in [4.69, 9.17) is 4.74 Å². The second kappa shape index (κ2) is 6.21. The number of alkyl halides is 3. The molecule has 0 saturated heterocycles. The minimum absolute atomic E-state index is 0.0411.